The zero-order valence-corrected chi connectivity index (χ0v) is 11.4. The monoisotopic (exact) mass is 262 g/mol. The zero-order chi connectivity index (χ0) is 13.7. The lowest BCUT2D eigenvalue weighted by Gasteiger charge is -2.37. The highest BCUT2D eigenvalue weighted by molar-refractivity contribution is 5.94. The minimum absolute atomic E-state index is 0.412. The fourth-order valence-electron chi connectivity index (χ4n) is 2.76. The normalized spacial score (nSPS) is 16.3. The van der Waals surface area contributed by atoms with E-state index in [1.807, 2.05) is 12.1 Å². The number of anilines is 1. The third kappa shape index (κ3) is 3.26. The lowest BCUT2D eigenvalue weighted by Crippen LogP contribution is -2.44. The number of para-hydroxylation sites is 1. The van der Waals surface area contributed by atoms with E-state index >= 15 is 0 Å². The first-order valence-corrected chi connectivity index (χ1v) is 7.03. The van der Waals surface area contributed by atoms with Crippen LogP contribution in [0.4, 0.5) is 5.69 Å². The molecule has 4 nitrogen and oxygen atoms in total. The summed E-state index contributed by atoms with van der Waals surface area (Å²) in [5.41, 5.74) is 1.28. The lowest BCUT2D eigenvalue weighted by atomic mass is 10.0. The van der Waals surface area contributed by atoms with Crippen LogP contribution in [0.25, 0.3) is 0 Å². The molecule has 1 saturated heterocycles. The van der Waals surface area contributed by atoms with E-state index in [9.17, 15) is 9.90 Å². The molecule has 4 heteroatoms. The van der Waals surface area contributed by atoms with E-state index in [-0.39, 0.29) is 0 Å². The smallest absolute Gasteiger partial charge is 0.337 e. The second kappa shape index (κ2) is 6.57. The summed E-state index contributed by atoms with van der Waals surface area (Å²) in [4.78, 5) is 13.7. The number of rotatable bonds is 5. The molecule has 104 valence electrons. The van der Waals surface area contributed by atoms with Gasteiger partial charge in [0.1, 0.15) is 0 Å². The van der Waals surface area contributed by atoms with Crippen molar-refractivity contribution in [2.45, 2.75) is 32.2 Å². The summed E-state index contributed by atoms with van der Waals surface area (Å²) >= 11 is 0. The molecule has 0 spiro atoms. The van der Waals surface area contributed by atoms with Crippen molar-refractivity contribution in [3.8, 4) is 0 Å². The molecule has 0 unspecified atom stereocenters. The van der Waals surface area contributed by atoms with Crippen LogP contribution < -0.4 is 10.2 Å². The van der Waals surface area contributed by atoms with Crippen molar-refractivity contribution < 1.29 is 9.90 Å². The van der Waals surface area contributed by atoms with Crippen molar-refractivity contribution in [2.24, 2.45) is 0 Å². The summed E-state index contributed by atoms with van der Waals surface area (Å²) < 4.78 is 0. The van der Waals surface area contributed by atoms with E-state index in [1.54, 1.807) is 12.1 Å². The average Bonchev–Trinajstić information content (AvgIpc) is 2.45. The molecule has 19 heavy (non-hydrogen) atoms. The van der Waals surface area contributed by atoms with Gasteiger partial charge in [-0.2, -0.15) is 0 Å². The molecular weight excluding hydrogens is 240 g/mol. The number of carboxylic acid groups (broad SMARTS) is 1. The van der Waals surface area contributed by atoms with Gasteiger partial charge in [0, 0.05) is 12.6 Å². The Labute approximate surface area is 114 Å². The van der Waals surface area contributed by atoms with Gasteiger partial charge >= 0.3 is 5.97 Å². The summed E-state index contributed by atoms with van der Waals surface area (Å²) in [5.74, 6) is -0.842. The molecular formula is C15H22N2O2. The molecule has 1 aromatic rings. The van der Waals surface area contributed by atoms with Crippen molar-refractivity contribution in [3.63, 3.8) is 0 Å². The highest BCUT2D eigenvalue weighted by atomic mass is 16.4. The molecule has 0 aliphatic carbocycles. The van der Waals surface area contributed by atoms with Crippen molar-refractivity contribution in [2.75, 3.05) is 24.5 Å². The van der Waals surface area contributed by atoms with Crippen molar-refractivity contribution >= 4 is 11.7 Å². The molecule has 0 saturated carbocycles. The Kier molecular flexibility index (Phi) is 4.80. The van der Waals surface area contributed by atoms with E-state index in [1.165, 1.54) is 0 Å². The first-order chi connectivity index (χ1) is 9.24. The Morgan fingerprint density at radius 3 is 2.68 bits per heavy atom. The largest absolute Gasteiger partial charge is 0.478 e. The zero-order valence-electron chi connectivity index (χ0n) is 11.4. The summed E-state index contributed by atoms with van der Waals surface area (Å²) in [5, 5.41) is 12.7. The van der Waals surface area contributed by atoms with Crippen molar-refractivity contribution in [3.05, 3.63) is 29.8 Å². The molecule has 0 radical (unpaired) electrons. The summed E-state index contributed by atoms with van der Waals surface area (Å²) in [7, 11) is 0. The van der Waals surface area contributed by atoms with Gasteiger partial charge < -0.3 is 15.3 Å². The van der Waals surface area contributed by atoms with E-state index in [4.69, 9.17) is 0 Å². The molecule has 0 atom stereocenters. The molecule has 2 rings (SSSR count). The van der Waals surface area contributed by atoms with Crippen molar-refractivity contribution in [1.82, 2.24) is 5.32 Å². The fourth-order valence-corrected chi connectivity index (χ4v) is 2.76. The van der Waals surface area contributed by atoms with Crippen LogP contribution in [0.5, 0.6) is 0 Å². The predicted molar refractivity (Wildman–Crippen MR) is 76.9 cm³/mol. The van der Waals surface area contributed by atoms with Crippen LogP contribution in [0.1, 0.15) is 36.5 Å². The molecule has 0 amide bonds. The van der Waals surface area contributed by atoms with Gasteiger partial charge in [-0.1, -0.05) is 19.1 Å². The number of nitrogens with zero attached hydrogens (tertiary/aromatic N) is 1. The van der Waals surface area contributed by atoms with Crippen LogP contribution >= 0.6 is 0 Å². The number of hydrogen-bond acceptors (Lipinski definition) is 3. The number of carboxylic acids is 1. The van der Waals surface area contributed by atoms with Crippen LogP contribution in [0.2, 0.25) is 0 Å². The molecule has 2 N–H and O–H groups in total. The molecule has 1 aliphatic rings. The second-order valence-electron chi connectivity index (χ2n) is 5.00. The second-order valence-corrected chi connectivity index (χ2v) is 5.00. The van der Waals surface area contributed by atoms with Crippen LogP contribution in [0, 0.1) is 0 Å². The number of aromatic carboxylic acids is 1. The van der Waals surface area contributed by atoms with Crippen LogP contribution in [0.15, 0.2) is 24.3 Å². The maximum absolute atomic E-state index is 11.4. The molecule has 1 aromatic carbocycles. The van der Waals surface area contributed by atoms with E-state index in [2.05, 4.69) is 17.1 Å². The van der Waals surface area contributed by atoms with E-state index in [0.717, 1.165) is 44.6 Å². The van der Waals surface area contributed by atoms with Crippen LogP contribution in [0.3, 0.4) is 0 Å². The Hall–Kier alpha value is -1.55. The van der Waals surface area contributed by atoms with Gasteiger partial charge in [0.2, 0.25) is 0 Å². The number of benzene rings is 1. The summed E-state index contributed by atoms with van der Waals surface area (Å²) in [6.45, 7) is 5.08. The third-order valence-corrected chi connectivity index (χ3v) is 3.66. The van der Waals surface area contributed by atoms with Gasteiger partial charge in [-0.25, -0.2) is 4.79 Å². The Morgan fingerprint density at radius 2 is 2.05 bits per heavy atom. The minimum atomic E-state index is -0.842. The topological polar surface area (TPSA) is 52.6 Å². The first-order valence-electron chi connectivity index (χ1n) is 7.03. The maximum atomic E-state index is 11.4. The van der Waals surface area contributed by atoms with Gasteiger partial charge in [-0.15, -0.1) is 0 Å². The Morgan fingerprint density at radius 1 is 1.37 bits per heavy atom. The number of piperidine rings is 1. The highest BCUT2D eigenvalue weighted by Crippen LogP contribution is 2.26. The Balaban J connectivity index is 2.29. The highest BCUT2D eigenvalue weighted by Gasteiger charge is 2.23. The fraction of sp³-hybridized carbons (Fsp3) is 0.533. The van der Waals surface area contributed by atoms with E-state index in [0.29, 0.717) is 11.6 Å². The van der Waals surface area contributed by atoms with Crippen LogP contribution in [-0.4, -0.2) is 36.8 Å². The quantitative estimate of drug-likeness (QED) is 0.855. The molecule has 1 heterocycles. The standard InChI is InChI=1S/C15H22N2O2/c1-2-11-17(12-7-9-16-10-8-12)14-6-4-3-5-13(14)15(18)19/h3-6,12,16H,2,7-11H2,1H3,(H,18,19). The van der Waals surface area contributed by atoms with Gasteiger partial charge in [-0.05, 0) is 44.5 Å². The summed E-state index contributed by atoms with van der Waals surface area (Å²) in [6, 6.07) is 7.79. The summed E-state index contributed by atoms with van der Waals surface area (Å²) in [6.07, 6.45) is 3.18. The molecule has 0 aromatic heterocycles. The van der Waals surface area contributed by atoms with Gasteiger partial charge in [0.15, 0.2) is 0 Å². The SMILES string of the molecule is CCCN(c1ccccc1C(=O)O)C1CCNCC1. The average molecular weight is 262 g/mol. The molecule has 1 fully saturated rings. The maximum Gasteiger partial charge on any atom is 0.337 e. The van der Waals surface area contributed by atoms with E-state index < -0.39 is 5.97 Å². The number of nitrogens with one attached hydrogen (secondary N) is 1. The lowest BCUT2D eigenvalue weighted by molar-refractivity contribution is 0.0697. The number of carbonyl (C=O) groups is 1. The Bertz CT molecular complexity index is 428. The number of hydrogen-bond donors (Lipinski definition) is 2. The minimum Gasteiger partial charge on any atom is -0.478 e. The molecule has 0 bridgehead atoms. The third-order valence-electron chi connectivity index (χ3n) is 3.66. The van der Waals surface area contributed by atoms with Gasteiger partial charge in [0.05, 0.1) is 11.3 Å². The van der Waals surface area contributed by atoms with Crippen LogP contribution in [-0.2, 0) is 0 Å². The van der Waals surface area contributed by atoms with Gasteiger partial charge in [-0.3, -0.25) is 0 Å². The molecule has 1 aliphatic heterocycles. The first kappa shape index (κ1) is 13.9. The van der Waals surface area contributed by atoms with Crippen molar-refractivity contribution in [1.29, 1.82) is 0 Å². The van der Waals surface area contributed by atoms with Gasteiger partial charge in [0.25, 0.3) is 0 Å². The predicted octanol–water partition coefficient (Wildman–Crippen LogP) is 2.35.